The molecule has 0 amide bonds. The fourth-order valence-corrected chi connectivity index (χ4v) is 2.08. The van der Waals surface area contributed by atoms with Crippen molar-refractivity contribution >= 4 is 0 Å². The Hall–Kier alpha value is -0.860. The molecule has 1 aliphatic heterocycles. The van der Waals surface area contributed by atoms with E-state index < -0.39 is 5.60 Å². The number of aliphatic hydroxyl groups is 1. The van der Waals surface area contributed by atoms with Gasteiger partial charge < -0.3 is 10.4 Å². The lowest BCUT2D eigenvalue weighted by Crippen LogP contribution is -2.47. The molecule has 1 aromatic rings. The van der Waals surface area contributed by atoms with Crippen LogP contribution in [0.4, 0.5) is 0 Å². The van der Waals surface area contributed by atoms with E-state index >= 15 is 0 Å². The van der Waals surface area contributed by atoms with Gasteiger partial charge in [0.1, 0.15) is 0 Å². The van der Waals surface area contributed by atoms with Gasteiger partial charge >= 0.3 is 0 Å². The number of β-amino-alcohol motifs (C(OH)–C–C–N with tert-alkyl or cyclic N) is 1. The maximum atomic E-state index is 10.3. The van der Waals surface area contributed by atoms with Crippen molar-refractivity contribution in [2.75, 3.05) is 13.1 Å². The number of hydrogen-bond donors (Lipinski definition) is 2. The minimum absolute atomic E-state index is 0.528. The van der Waals surface area contributed by atoms with Gasteiger partial charge in [0, 0.05) is 13.0 Å². The second kappa shape index (κ2) is 4.11. The van der Waals surface area contributed by atoms with Gasteiger partial charge in [0.2, 0.25) is 0 Å². The summed E-state index contributed by atoms with van der Waals surface area (Å²) in [5, 5.41) is 13.5. The first kappa shape index (κ1) is 9.69. The molecule has 0 spiro atoms. The van der Waals surface area contributed by atoms with E-state index in [9.17, 15) is 5.11 Å². The van der Waals surface area contributed by atoms with E-state index in [-0.39, 0.29) is 0 Å². The summed E-state index contributed by atoms with van der Waals surface area (Å²) < 4.78 is 0. The Morgan fingerprint density at radius 2 is 2.07 bits per heavy atom. The molecule has 1 atom stereocenters. The van der Waals surface area contributed by atoms with Crippen molar-refractivity contribution in [3.63, 3.8) is 0 Å². The van der Waals surface area contributed by atoms with Gasteiger partial charge in [-0.1, -0.05) is 30.3 Å². The highest BCUT2D eigenvalue weighted by atomic mass is 16.3. The third-order valence-corrected chi connectivity index (χ3v) is 2.83. The second-order valence-corrected chi connectivity index (χ2v) is 4.17. The van der Waals surface area contributed by atoms with Gasteiger partial charge in [-0.2, -0.15) is 0 Å². The third kappa shape index (κ3) is 2.34. The van der Waals surface area contributed by atoms with Gasteiger partial charge in [0.05, 0.1) is 5.60 Å². The molecule has 1 fully saturated rings. The highest BCUT2D eigenvalue weighted by Gasteiger charge is 2.28. The Labute approximate surface area is 85.0 Å². The third-order valence-electron chi connectivity index (χ3n) is 2.83. The van der Waals surface area contributed by atoms with E-state index in [1.54, 1.807) is 0 Å². The first-order chi connectivity index (χ1) is 6.79. The van der Waals surface area contributed by atoms with Gasteiger partial charge in [-0.25, -0.2) is 0 Å². The van der Waals surface area contributed by atoms with Crippen molar-refractivity contribution in [2.45, 2.75) is 24.9 Å². The lowest BCUT2D eigenvalue weighted by atomic mass is 9.88. The zero-order valence-corrected chi connectivity index (χ0v) is 8.37. The maximum absolute atomic E-state index is 10.3. The minimum atomic E-state index is -0.528. The van der Waals surface area contributed by atoms with E-state index in [0.717, 1.165) is 32.4 Å². The zero-order chi connectivity index (χ0) is 9.86. The van der Waals surface area contributed by atoms with Crippen molar-refractivity contribution < 1.29 is 5.11 Å². The van der Waals surface area contributed by atoms with Crippen LogP contribution in [0.15, 0.2) is 30.3 Å². The van der Waals surface area contributed by atoms with Gasteiger partial charge in [0.15, 0.2) is 0 Å². The highest BCUT2D eigenvalue weighted by Crippen LogP contribution is 2.20. The lowest BCUT2D eigenvalue weighted by molar-refractivity contribution is 0.0169. The van der Waals surface area contributed by atoms with Crippen LogP contribution in [0, 0.1) is 0 Å². The molecule has 14 heavy (non-hydrogen) atoms. The number of nitrogens with one attached hydrogen (secondary N) is 1. The molecule has 1 aliphatic rings. The molecule has 2 N–H and O–H groups in total. The van der Waals surface area contributed by atoms with Crippen LogP contribution in [-0.4, -0.2) is 23.8 Å². The fraction of sp³-hybridized carbons (Fsp3) is 0.500. The van der Waals surface area contributed by atoms with Crippen LogP contribution in [0.25, 0.3) is 0 Å². The Morgan fingerprint density at radius 3 is 2.71 bits per heavy atom. The Kier molecular flexibility index (Phi) is 2.85. The predicted molar refractivity (Wildman–Crippen MR) is 57.2 cm³/mol. The molecule has 0 unspecified atom stereocenters. The molecule has 0 aromatic heterocycles. The van der Waals surface area contributed by atoms with Gasteiger partial charge in [-0.15, -0.1) is 0 Å². The Bertz CT molecular complexity index is 278. The molecule has 1 heterocycles. The molecule has 0 aliphatic carbocycles. The van der Waals surface area contributed by atoms with Crippen LogP contribution >= 0.6 is 0 Å². The fourth-order valence-electron chi connectivity index (χ4n) is 2.08. The largest absolute Gasteiger partial charge is 0.388 e. The van der Waals surface area contributed by atoms with Crippen LogP contribution < -0.4 is 5.32 Å². The standard InChI is InChI=1S/C12H17NO/c14-12(7-4-8-13-10-12)9-11-5-2-1-3-6-11/h1-3,5-6,13-14H,4,7-10H2/t12-/m1/s1. The minimum Gasteiger partial charge on any atom is -0.388 e. The Morgan fingerprint density at radius 1 is 1.29 bits per heavy atom. The van der Waals surface area contributed by atoms with Gasteiger partial charge in [-0.3, -0.25) is 0 Å². The summed E-state index contributed by atoms with van der Waals surface area (Å²) in [5.41, 5.74) is 0.693. The van der Waals surface area contributed by atoms with Crippen molar-refractivity contribution in [3.8, 4) is 0 Å². The first-order valence-electron chi connectivity index (χ1n) is 5.26. The van der Waals surface area contributed by atoms with E-state index in [1.807, 2.05) is 18.2 Å². The topological polar surface area (TPSA) is 32.3 Å². The average molecular weight is 191 g/mol. The SMILES string of the molecule is O[C@@]1(Cc2ccccc2)CCCNC1. The van der Waals surface area contributed by atoms with Crippen molar-refractivity contribution in [1.29, 1.82) is 0 Å². The number of rotatable bonds is 2. The quantitative estimate of drug-likeness (QED) is 0.739. The number of piperidine rings is 1. The molecule has 1 saturated heterocycles. The summed E-state index contributed by atoms with van der Waals surface area (Å²) in [6.45, 7) is 1.76. The Balaban J connectivity index is 2.02. The first-order valence-corrected chi connectivity index (χ1v) is 5.26. The smallest absolute Gasteiger partial charge is 0.0812 e. The molecule has 76 valence electrons. The molecule has 0 bridgehead atoms. The van der Waals surface area contributed by atoms with Crippen molar-refractivity contribution in [3.05, 3.63) is 35.9 Å². The monoisotopic (exact) mass is 191 g/mol. The zero-order valence-electron chi connectivity index (χ0n) is 8.37. The molecule has 2 nitrogen and oxygen atoms in total. The molecule has 2 heteroatoms. The average Bonchev–Trinajstić information content (AvgIpc) is 2.19. The van der Waals surface area contributed by atoms with E-state index in [1.165, 1.54) is 5.56 Å². The number of hydrogen-bond acceptors (Lipinski definition) is 2. The summed E-state index contributed by atoms with van der Waals surface area (Å²) in [6, 6.07) is 10.2. The second-order valence-electron chi connectivity index (χ2n) is 4.17. The summed E-state index contributed by atoms with van der Waals surface area (Å²) in [7, 11) is 0. The van der Waals surface area contributed by atoms with Gasteiger partial charge in [-0.05, 0) is 24.9 Å². The van der Waals surface area contributed by atoms with Crippen LogP contribution in [0.1, 0.15) is 18.4 Å². The predicted octanol–water partition coefficient (Wildman–Crippen LogP) is 1.34. The molecule has 1 aromatic carbocycles. The molecule has 2 rings (SSSR count). The van der Waals surface area contributed by atoms with Crippen LogP contribution in [0.5, 0.6) is 0 Å². The normalized spacial score (nSPS) is 27.5. The molecule has 0 radical (unpaired) electrons. The summed E-state index contributed by atoms with van der Waals surface area (Å²) in [5.74, 6) is 0. The maximum Gasteiger partial charge on any atom is 0.0812 e. The molecular weight excluding hydrogens is 174 g/mol. The van der Waals surface area contributed by atoms with E-state index in [2.05, 4.69) is 17.4 Å². The number of benzene rings is 1. The van der Waals surface area contributed by atoms with Crippen molar-refractivity contribution in [2.24, 2.45) is 0 Å². The summed E-state index contributed by atoms with van der Waals surface area (Å²) in [6.07, 6.45) is 2.75. The van der Waals surface area contributed by atoms with E-state index in [4.69, 9.17) is 0 Å². The lowest BCUT2D eigenvalue weighted by Gasteiger charge is -2.32. The highest BCUT2D eigenvalue weighted by molar-refractivity contribution is 5.17. The van der Waals surface area contributed by atoms with E-state index in [0.29, 0.717) is 0 Å². The summed E-state index contributed by atoms with van der Waals surface area (Å²) in [4.78, 5) is 0. The van der Waals surface area contributed by atoms with Crippen molar-refractivity contribution in [1.82, 2.24) is 5.32 Å². The summed E-state index contributed by atoms with van der Waals surface area (Å²) >= 11 is 0. The molecule has 0 saturated carbocycles. The van der Waals surface area contributed by atoms with Crippen LogP contribution in [0.3, 0.4) is 0 Å². The van der Waals surface area contributed by atoms with Crippen LogP contribution in [-0.2, 0) is 6.42 Å². The van der Waals surface area contributed by atoms with Crippen LogP contribution in [0.2, 0.25) is 0 Å². The van der Waals surface area contributed by atoms with Gasteiger partial charge in [0.25, 0.3) is 0 Å². The molecular formula is C12H17NO.